The molecule has 0 aliphatic heterocycles. The molecule has 0 radical (unpaired) electrons. The van der Waals surface area contributed by atoms with E-state index in [0.29, 0.717) is 18.1 Å². The van der Waals surface area contributed by atoms with Crippen molar-refractivity contribution in [1.29, 1.82) is 0 Å². The Hall–Kier alpha value is -2.63. The fourth-order valence-corrected chi connectivity index (χ4v) is 2.55. The lowest BCUT2D eigenvalue weighted by Gasteiger charge is -2.09. The van der Waals surface area contributed by atoms with Gasteiger partial charge in [-0.1, -0.05) is 31.5 Å². The number of rotatable bonds is 5. The molecule has 3 rings (SSSR count). The van der Waals surface area contributed by atoms with Gasteiger partial charge >= 0.3 is 5.69 Å². The van der Waals surface area contributed by atoms with E-state index in [1.165, 1.54) is 4.68 Å². The van der Waals surface area contributed by atoms with Gasteiger partial charge in [-0.3, -0.25) is 0 Å². The minimum atomic E-state index is -0.124. The first-order chi connectivity index (χ1) is 11.1. The summed E-state index contributed by atoms with van der Waals surface area (Å²) in [5.74, 6) is 1.12. The summed E-state index contributed by atoms with van der Waals surface area (Å²) in [5.41, 5.74) is 2.83. The van der Waals surface area contributed by atoms with Gasteiger partial charge in [0.15, 0.2) is 0 Å². The molecular weight excluding hydrogens is 290 g/mol. The summed E-state index contributed by atoms with van der Waals surface area (Å²) in [7, 11) is 0. The molecule has 6 nitrogen and oxygen atoms in total. The highest BCUT2D eigenvalue weighted by Crippen LogP contribution is 2.19. The molecule has 0 aliphatic carbocycles. The van der Waals surface area contributed by atoms with Crippen LogP contribution in [0.3, 0.4) is 0 Å². The van der Waals surface area contributed by atoms with Crippen LogP contribution < -0.4 is 11.0 Å². The number of anilines is 2. The molecule has 23 heavy (non-hydrogen) atoms. The van der Waals surface area contributed by atoms with E-state index in [4.69, 9.17) is 0 Å². The quantitative estimate of drug-likeness (QED) is 0.786. The van der Waals surface area contributed by atoms with E-state index < -0.39 is 0 Å². The molecule has 120 valence electrons. The van der Waals surface area contributed by atoms with Crippen LogP contribution in [0, 0.1) is 13.8 Å². The molecule has 0 spiro atoms. The average Bonchev–Trinajstić information content (AvgIpc) is 2.84. The smallest absolute Gasteiger partial charge is 0.340 e. The highest BCUT2D eigenvalue weighted by molar-refractivity contribution is 5.61. The SMILES string of the molecule is CCCCn1nc2nc(Nc3ccccc3C)cc(C)n2c1=O. The van der Waals surface area contributed by atoms with E-state index in [1.807, 2.05) is 44.2 Å². The van der Waals surface area contributed by atoms with Gasteiger partial charge < -0.3 is 5.32 Å². The van der Waals surface area contributed by atoms with Crippen molar-refractivity contribution in [2.45, 2.75) is 40.2 Å². The van der Waals surface area contributed by atoms with Crippen LogP contribution in [0.25, 0.3) is 5.78 Å². The monoisotopic (exact) mass is 311 g/mol. The molecule has 0 aliphatic rings. The second-order valence-electron chi connectivity index (χ2n) is 5.72. The number of nitrogens with one attached hydrogen (secondary N) is 1. The highest BCUT2D eigenvalue weighted by Gasteiger charge is 2.11. The second-order valence-corrected chi connectivity index (χ2v) is 5.72. The number of aromatic nitrogens is 4. The van der Waals surface area contributed by atoms with Crippen LogP contribution in [0.4, 0.5) is 11.5 Å². The summed E-state index contributed by atoms with van der Waals surface area (Å²) in [6, 6.07) is 9.88. The third kappa shape index (κ3) is 2.97. The van der Waals surface area contributed by atoms with Crippen molar-refractivity contribution in [3.63, 3.8) is 0 Å². The van der Waals surface area contributed by atoms with E-state index >= 15 is 0 Å². The van der Waals surface area contributed by atoms with E-state index in [0.717, 1.165) is 29.8 Å². The zero-order valence-electron chi connectivity index (χ0n) is 13.7. The molecule has 3 aromatic rings. The van der Waals surface area contributed by atoms with Crippen molar-refractivity contribution in [2.75, 3.05) is 5.32 Å². The van der Waals surface area contributed by atoms with E-state index in [2.05, 4.69) is 22.3 Å². The van der Waals surface area contributed by atoms with Gasteiger partial charge in [-0.15, -0.1) is 5.10 Å². The zero-order valence-corrected chi connectivity index (χ0v) is 13.7. The zero-order chi connectivity index (χ0) is 16.4. The third-order valence-electron chi connectivity index (χ3n) is 3.87. The van der Waals surface area contributed by atoms with Gasteiger partial charge in [-0.2, -0.15) is 4.98 Å². The molecule has 0 amide bonds. The molecule has 0 bridgehead atoms. The first-order valence-corrected chi connectivity index (χ1v) is 7.90. The second kappa shape index (κ2) is 6.24. The molecular formula is C17H21N5O. The molecule has 2 aromatic heterocycles. The highest BCUT2D eigenvalue weighted by atomic mass is 16.2. The van der Waals surface area contributed by atoms with Crippen LogP contribution in [0.5, 0.6) is 0 Å². The Labute approximate surface area is 134 Å². The Bertz CT molecular complexity index is 894. The van der Waals surface area contributed by atoms with Crippen molar-refractivity contribution in [3.05, 3.63) is 52.1 Å². The van der Waals surface area contributed by atoms with Gasteiger partial charge in [0.25, 0.3) is 5.78 Å². The summed E-state index contributed by atoms with van der Waals surface area (Å²) in [6.45, 7) is 6.65. The maximum absolute atomic E-state index is 12.4. The van der Waals surface area contributed by atoms with Gasteiger partial charge in [-0.05, 0) is 31.9 Å². The van der Waals surface area contributed by atoms with Gasteiger partial charge in [0.1, 0.15) is 5.82 Å². The normalized spacial score (nSPS) is 11.1. The largest absolute Gasteiger partial charge is 0.351 e. The van der Waals surface area contributed by atoms with Crippen LogP contribution in [0.15, 0.2) is 35.1 Å². The Morgan fingerprint density at radius 2 is 2.00 bits per heavy atom. The minimum Gasteiger partial charge on any atom is -0.340 e. The fourth-order valence-electron chi connectivity index (χ4n) is 2.55. The van der Waals surface area contributed by atoms with Crippen LogP contribution in [-0.4, -0.2) is 19.2 Å². The van der Waals surface area contributed by atoms with Gasteiger partial charge in [-0.25, -0.2) is 13.9 Å². The lowest BCUT2D eigenvalue weighted by Crippen LogP contribution is -2.22. The molecule has 6 heteroatoms. The molecule has 0 unspecified atom stereocenters. The predicted molar refractivity (Wildman–Crippen MR) is 91.4 cm³/mol. The molecule has 0 saturated heterocycles. The molecule has 0 atom stereocenters. The van der Waals surface area contributed by atoms with Crippen LogP contribution >= 0.6 is 0 Å². The Morgan fingerprint density at radius 1 is 1.22 bits per heavy atom. The summed E-state index contributed by atoms with van der Waals surface area (Å²) in [4.78, 5) is 16.9. The number of unbranched alkanes of at least 4 members (excludes halogenated alkanes) is 1. The number of nitrogens with zero attached hydrogens (tertiary/aromatic N) is 4. The van der Waals surface area contributed by atoms with Gasteiger partial charge in [0, 0.05) is 24.0 Å². The molecule has 0 fully saturated rings. The molecule has 0 saturated carbocycles. The van der Waals surface area contributed by atoms with Crippen molar-refractivity contribution in [3.8, 4) is 0 Å². The Kier molecular flexibility index (Phi) is 4.14. The van der Waals surface area contributed by atoms with Crippen LogP contribution in [0.1, 0.15) is 31.0 Å². The fraction of sp³-hybridized carbons (Fsp3) is 0.353. The Morgan fingerprint density at radius 3 is 2.74 bits per heavy atom. The minimum absolute atomic E-state index is 0.124. The summed E-state index contributed by atoms with van der Waals surface area (Å²) >= 11 is 0. The average molecular weight is 311 g/mol. The standard InChI is InChI=1S/C17H21N5O/c1-4-5-10-21-17(23)22-13(3)11-15(19-16(22)20-21)18-14-9-7-6-8-12(14)2/h6-9,11H,4-5,10H2,1-3H3,(H,18,19,20). The number of hydrogen-bond acceptors (Lipinski definition) is 4. The topological polar surface area (TPSA) is 64.2 Å². The predicted octanol–water partition coefficient (Wildman–Crippen LogP) is 3.05. The summed E-state index contributed by atoms with van der Waals surface area (Å²) in [6.07, 6.45) is 1.95. The van der Waals surface area contributed by atoms with Crippen molar-refractivity contribution in [2.24, 2.45) is 0 Å². The van der Waals surface area contributed by atoms with Gasteiger partial charge in [0.05, 0.1) is 0 Å². The van der Waals surface area contributed by atoms with Crippen molar-refractivity contribution in [1.82, 2.24) is 19.2 Å². The number of fused-ring (bicyclic) bond motifs is 1. The number of aryl methyl sites for hydroxylation is 3. The first-order valence-electron chi connectivity index (χ1n) is 7.90. The third-order valence-corrected chi connectivity index (χ3v) is 3.87. The number of benzene rings is 1. The summed E-state index contributed by atoms with van der Waals surface area (Å²) < 4.78 is 3.05. The van der Waals surface area contributed by atoms with E-state index in [1.54, 1.807) is 4.40 Å². The van der Waals surface area contributed by atoms with Gasteiger partial charge in [0.2, 0.25) is 0 Å². The molecule has 1 N–H and O–H groups in total. The maximum atomic E-state index is 12.4. The van der Waals surface area contributed by atoms with Crippen LogP contribution in [0.2, 0.25) is 0 Å². The Balaban J connectivity index is 2.01. The maximum Gasteiger partial charge on any atom is 0.351 e. The van der Waals surface area contributed by atoms with E-state index in [9.17, 15) is 4.79 Å². The van der Waals surface area contributed by atoms with Crippen LogP contribution in [-0.2, 0) is 6.54 Å². The lowest BCUT2D eigenvalue weighted by molar-refractivity contribution is 0.553. The van der Waals surface area contributed by atoms with Crippen molar-refractivity contribution < 1.29 is 0 Å². The number of hydrogen-bond donors (Lipinski definition) is 1. The van der Waals surface area contributed by atoms with E-state index in [-0.39, 0.29) is 5.69 Å². The summed E-state index contributed by atoms with van der Waals surface area (Å²) in [5, 5.41) is 7.65. The molecule has 1 aromatic carbocycles. The first kappa shape index (κ1) is 15.3. The van der Waals surface area contributed by atoms with Crippen molar-refractivity contribution >= 4 is 17.3 Å². The lowest BCUT2D eigenvalue weighted by atomic mass is 10.2. The number of para-hydroxylation sites is 1. The molecule has 2 heterocycles.